The fourth-order valence-corrected chi connectivity index (χ4v) is 1.65. The number of aromatic hydroxyl groups is 2. The van der Waals surface area contributed by atoms with E-state index in [9.17, 15) is 19.4 Å². The van der Waals surface area contributed by atoms with Gasteiger partial charge in [-0.3, -0.25) is 4.79 Å². The van der Waals surface area contributed by atoms with Crippen LogP contribution in [-0.2, 0) is 0 Å². The van der Waals surface area contributed by atoms with Gasteiger partial charge in [0.2, 0.25) is 0 Å². The maximum atomic E-state index is 13.0. The highest BCUT2D eigenvalue weighted by atomic mass is 35.5. The van der Waals surface area contributed by atoms with Gasteiger partial charge >= 0.3 is 0 Å². The number of carbonyl (C=O) groups is 1. The lowest BCUT2D eigenvalue weighted by Crippen LogP contribution is -2.12. The number of halogens is 2. The molecular formula is C13H9ClFNO3. The molecule has 0 bridgehead atoms. The van der Waals surface area contributed by atoms with Crippen molar-refractivity contribution in [3.63, 3.8) is 0 Å². The fourth-order valence-electron chi connectivity index (χ4n) is 1.49. The van der Waals surface area contributed by atoms with E-state index < -0.39 is 11.7 Å². The van der Waals surface area contributed by atoms with Gasteiger partial charge in [-0.2, -0.15) is 0 Å². The van der Waals surface area contributed by atoms with Gasteiger partial charge in [0.1, 0.15) is 17.3 Å². The summed E-state index contributed by atoms with van der Waals surface area (Å²) in [6.07, 6.45) is 0. The number of amides is 1. The van der Waals surface area contributed by atoms with Crippen LogP contribution < -0.4 is 5.32 Å². The zero-order valence-corrected chi connectivity index (χ0v) is 10.3. The second-order valence-electron chi connectivity index (χ2n) is 3.78. The van der Waals surface area contributed by atoms with Crippen molar-refractivity contribution in [1.82, 2.24) is 0 Å². The van der Waals surface area contributed by atoms with Crippen molar-refractivity contribution in [2.45, 2.75) is 0 Å². The number of anilines is 1. The number of benzene rings is 2. The van der Waals surface area contributed by atoms with E-state index in [1.165, 1.54) is 18.2 Å². The molecule has 2 rings (SSSR count). The first-order chi connectivity index (χ1) is 8.97. The van der Waals surface area contributed by atoms with Gasteiger partial charge < -0.3 is 15.5 Å². The number of hydrogen-bond donors (Lipinski definition) is 3. The number of rotatable bonds is 2. The van der Waals surface area contributed by atoms with E-state index in [1.807, 2.05) is 0 Å². The Kier molecular flexibility index (Phi) is 3.57. The molecule has 0 heterocycles. The maximum Gasteiger partial charge on any atom is 0.259 e. The van der Waals surface area contributed by atoms with Crippen LogP contribution in [0.5, 0.6) is 11.5 Å². The zero-order valence-electron chi connectivity index (χ0n) is 9.52. The zero-order chi connectivity index (χ0) is 14.0. The van der Waals surface area contributed by atoms with Gasteiger partial charge in [0.15, 0.2) is 0 Å². The fraction of sp³-hybridized carbons (Fsp3) is 0. The Bertz CT molecular complexity index is 646. The minimum Gasteiger partial charge on any atom is -0.508 e. The molecule has 1 amide bonds. The molecule has 0 atom stereocenters. The molecule has 3 N–H and O–H groups in total. The summed E-state index contributed by atoms with van der Waals surface area (Å²) in [5.74, 6) is -1.74. The summed E-state index contributed by atoms with van der Waals surface area (Å²) in [5.41, 5.74) is -0.0604. The van der Waals surface area contributed by atoms with Gasteiger partial charge in [-0.05, 0) is 36.4 Å². The van der Waals surface area contributed by atoms with Gasteiger partial charge in [-0.25, -0.2) is 4.39 Å². The van der Waals surface area contributed by atoms with Crippen molar-refractivity contribution in [2.24, 2.45) is 0 Å². The van der Waals surface area contributed by atoms with E-state index in [1.54, 1.807) is 0 Å². The first-order valence-electron chi connectivity index (χ1n) is 5.26. The van der Waals surface area contributed by atoms with Crippen molar-refractivity contribution < 1.29 is 19.4 Å². The monoisotopic (exact) mass is 281 g/mol. The molecule has 2 aromatic carbocycles. The third kappa shape index (κ3) is 2.95. The van der Waals surface area contributed by atoms with E-state index in [4.69, 9.17) is 11.6 Å². The summed E-state index contributed by atoms with van der Waals surface area (Å²) in [5, 5.41) is 21.3. The predicted molar refractivity (Wildman–Crippen MR) is 69.1 cm³/mol. The molecule has 0 aromatic heterocycles. The molecule has 4 nitrogen and oxygen atoms in total. The number of phenolic OH excluding ortho intramolecular Hbond substituents is 2. The van der Waals surface area contributed by atoms with E-state index in [-0.39, 0.29) is 27.8 Å². The lowest BCUT2D eigenvalue weighted by molar-refractivity contribution is 0.102. The van der Waals surface area contributed by atoms with Gasteiger partial charge in [-0.1, -0.05) is 11.6 Å². The summed E-state index contributed by atoms with van der Waals surface area (Å²) in [6, 6.07) is 7.02. The quantitative estimate of drug-likeness (QED) is 0.741. The summed E-state index contributed by atoms with van der Waals surface area (Å²) >= 11 is 5.81. The molecule has 2 aromatic rings. The molecule has 0 saturated carbocycles. The third-order valence-corrected chi connectivity index (χ3v) is 2.73. The first-order valence-corrected chi connectivity index (χ1v) is 5.63. The molecule has 0 unspecified atom stereocenters. The van der Waals surface area contributed by atoms with Crippen LogP contribution in [0.2, 0.25) is 5.02 Å². The number of hydrogen-bond acceptors (Lipinski definition) is 3. The van der Waals surface area contributed by atoms with Crippen LogP contribution in [-0.4, -0.2) is 16.1 Å². The second-order valence-corrected chi connectivity index (χ2v) is 4.19. The van der Waals surface area contributed by atoms with Crippen LogP contribution >= 0.6 is 11.6 Å². The smallest absolute Gasteiger partial charge is 0.259 e. The summed E-state index contributed by atoms with van der Waals surface area (Å²) in [6.45, 7) is 0. The molecule has 0 radical (unpaired) electrons. The van der Waals surface area contributed by atoms with Crippen LogP contribution in [0.15, 0.2) is 36.4 Å². The van der Waals surface area contributed by atoms with Crippen molar-refractivity contribution in [1.29, 1.82) is 0 Å². The molecular weight excluding hydrogens is 273 g/mol. The number of carbonyl (C=O) groups excluding carboxylic acids is 1. The standard InChI is InChI=1S/C13H9ClFNO3/c14-10-3-1-7(15)5-11(10)16-13(19)9-6-8(17)2-4-12(9)18/h1-6,17-18H,(H,16,19). The number of phenols is 2. The largest absolute Gasteiger partial charge is 0.508 e. The van der Waals surface area contributed by atoms with E-state index in [0.717, 1.165) is 18.2 Å². The van der Waals surface area contributed by atoms with Crippen molar-refractivity contribution >= 4 is 23.2 Å². The summed E-state index contributed by atoms with van der Waals surface area (Å²) in [4.78, 5) is 11.9. The SMILES string of the molecule is O=C(Nc1cc(F)ccc1Cl)c1cc(O)ccc1O. The van der Waals surface area contributed by atoms with Gasteiger partial charge in [0.25, 0.3) is 5.91 Å². The molecule has 0 spiro atoms. The number of nitrogens with one attached hydrogen (secondary N) is 1. The molecule has 0 aliphatic carbocycles. The Labute approximate surface area is 113 Å². The Morgan fingerprint density at radius 2 is 1.89 bits per heavy atom. The summed E-state index contributed by atoms with van der Waals surface area (Å²) < 4.78 is 13.0. The van der Waals surface area contributed by atoms with E-state index in [2.05, 4.69) is 5.32 Å². The van der Waals surface area contributed by atoms with E-state index >= 15 is 0 Å². The van der Waals surface area contributed by atoms with E-state index in [0.29, 0.717) is 0 Å². The first kappa shape index (κ1) is 13.2. The predicted octanol–water partition coefficient (Wildman–Crippen LogP) is 3.14. The third-order valence-electron chi connectivity index (χ3n) is 2.40. The van der Waals surface area contributed by atoms with Crippen molar-refractivity contribution in [2.75, 3.05) is 5.32 Å². The van der Waals surface area contributed by atoms with Crippen molar-refractivity contribution in [3.8, 4) is 11.5 Å². The maximum absolute atomic E-state index is 13.0. The van der Waals surface area contributed by atoms with Gasteiger partial charge in [0.05, 0.1) is 16.3 Å². The average Bonchev–Trinajstić information content (AvgIpc) is 2.36. The lowest BCUT2D eigenvalue weighted by Gasteiger charge is -2.08. The Morgan fingerprint density at radius 3 is 2.63 bits per heavy atom. The highest BCUT2D eigenvalue weighted by Crippen LogP contribution is 2.26. The lowest BCUT2D eigenvalue weighted by atomic mass is 10.1. The Balaban J connectivity index is 2.30. The van der Waals surface area contributed by atoms with Gasteiger partial charge in [-0.15, -0.1) is 0 Å². The highest BCUT2D eigenvalue weighted by Gasteiger charge is 2.14. The molecule has 0 aliphatic heterocycles. The van der Waals surface area contributed by atoms with Gasteiger partial charge in [0, 0.05) is 0 Å². The minimum atomic E-state index is -0.707. The normalized spacial score (nSPS) is 10.2. The Morgan fingerprint density at radius 1 is 1.16 bits per heavy atom. The van der Waals surface area contributed by atoms with Crippen molar-refractivity contribution in [3.05, 3.63) is 52.8 Å². The molecule has 98 valence electrons. The van der Waals surface area contributed by atoms with Crippen LogP contribution in [0, 0.1) is 5.82 Å². The molecule has 0 fully saturated rings. The average molecular weight is 282 g/mol. The van der Waals surface area contributed by atoms with Crippen LogP contribution in [0.3, 0.4) is 0 Å². The molecule has 19 heavy (non-hydrogen) atoms. The molecule has 0 aliphatic rings. The summed E-state index contributed by atoms with van der Waals surface area (Å²) in [7, 11) is 0. The van der Waals surface area contributed by atoms with Crippen LogP contribution in [0.25, 0.3) is 0 Å². The minimum absolute atomic E-state index is 0.0782. The topological polar surface area (TPSA) is 69.6 Å². The van der Waals surface area contributed by atoms with Crippen LogP contribution in [0.4, 0.5) is 10.1 Å². The highest BCUT2D eigenvalue weighted by molar-refractivity contribution is 6.33. The van der Waals surface area contributed by atoms with Crippen LogP contribution in [0.1, 0.15) is 10.4 Å². The molecule has 0 saturated heterocycles. The Hall–Kier alpha value is -2.27. The second kappa shape index (κ2) is 5.16. The molecule has 6 heteroatoms.